The first kappa shape index (κ1) is 14.5. The second-order valence-corrected chi connectivity index (χ2v) is 5.61. The molecule has 0 aliphatic carbocycles. The molecule has 0 radical (unpaired) electrons. The van der Waals surface area contributed by atoms with Crippen molar-refractivity contribution in [2.75, 3.05) is 26.7 Å². The Morgan fingerprint density at radius 1 is 1.41 bits per heavy atom. The molecule has 4 heteroatoms. The molecule has 1 rings (SSSR count). The van der Waals surface area contributed by atoms with Crippen molar-refractivity contribution in [2.45, 2.75) is 45.7 Å². The smallest absolute Gasteiger partial charge is 0.236 e. The number of likely N-dealkylation sites (tertiary alicyclic amines) is 1. The van der Waals surface area contributed by atoms with Gasteiger partial charge in [-0.05, 0) is 39.3 Å². The summed E-state index contributed by atoms with van der Waals surface area (Å²) in [5.74, 6) is 0.766. The van der Waals surface area contributed by atoms with Gasteiger partial charge in [-0.2, -0.15) is 0 Å². The number of nitrogens with one attached hydrogen (secondary N) is 2. The summed E-state index contributed by atoms with van der Waals surface area (Å²) in [7, 11) is 2.12. The van der Waals surface area contributed by atoms with Crippen molar-refractivity contribution in [3.63, 3.8) is 0 Å². The second kappa shape index (κ2) is 6.97. The van der Waals surface area contributed by atoms with Gasteiger partial charge in [0.15, 0.2) is 0 Å². The molecule has 100 valence electrons. The predicted molar refractivity (Wildman–Crippen MR) is 71.0 cm³/mol. The molecule has 0 aromatic rings. The molecule has 2 atom stereocenters. The first-order chi connectivity index (χ1) is 7.99. The van der Waals surface area contributed by atoms with Crippen LogP contribution >= 0.6 is 0 Å². The van der Waals surface area contributed by atoms with Crippen LogP contribution in [0, 0.1) is 5.92 Å². The van der Waals surface area contributed by atoms with E-state index in [-0.39, 0.29) is 11.9 Å². The average Bonchev–Trinajstić information content (AvgIpc) is 2.63. The summed E-state index contributed by atoms with van der Waals surface area (Å²) in [6.45, 7) is 9.24. The third-order valence-electron chi connectivity index (χ3n) is 3.29. The average molecular weight is 241 g/mol. The summed E-state index contributed by atoms with van der Waals surface area (Å²) in [5, 5.41) is 6.38. The number of amides is 1. The zero-order chi connectivity index (χ0) is 12.8. The lowest BCUT2D eigenvalue weighted by atomic mass is 10.1. The van der Waals surface area contributed by atoms with Crippen LogP contribution in [-0.4, -0.2) is 49.6 Å². The van der Waals surface area contributed by atoms with Gasteiger partial charge in [-0.1, -0.05) is 13.8 Å². The van der Waals surface area contributed by atoms with Crippen LogP contribution in [0.3, 0.4) is 0 Å². The van der Waals surface area contributed by atoms with Crippen molar-refractivity contribution in [2.24, 2.45) is 5.92 Å². The fourth-order valence-corrected chi connectivity index (χ4v) is 2.14. The Labute approximate surface area is 105 Å². The molecule has 1 aliphatic heterocycles. The van der Waals surface area contributed by atoms with E-state index in [0.717, 1.165) is 32.5 Å². The van der Waals surface area contributed by atoms with Crippen LogP contribution in [0.15, 0.2) is 0 Å². The summed E-state index contributed by atoms with van der Waals surface area (Å²) in [4.78, 5) is 14.1. The van der Waals surface area contributed by atoms with E-state index in [1.54, 1.807) is 0 Å². The van der Waals surface area contributed by atoms with Gasteiger partial charge < -0.3 is 15.5 Å². The number of hydrogen-bond donors (Lipinski definition) is 2. The first-order valence-electron chi connectivity index (χ1n) is 6.71. The second-order valence-electron chi connectivity index (χ2n) is 5.61. The predicted octanol–water partition coefficient (Wildman–Crippen LogP) is 0.831. The fourth-order valence-electron chi connectivity index (χ4n) is 2.14. The van der Waals surface area contributed by atoms with Crippen LogP contribution in [0.5, 0.6) is 0 Å². The Hall–Kier alpha value is -0.610. The zero-order valence-electron chi connectivity index (χ0n) is 11.6. The highest BCUT2D eigenvalue weighted by Gasteiger charge is 2.23. The molecule has 1 aliphatic rings. The van der Waals surface area contributed by atoms with Gasteiger partial charge in [0.05, 0.1) is 6.04 Å². The highest BCUT2D eigenvalue weighted by atomic mass is 16.2. The minimum absolute atomic E-state index is 0.0846. The third kappa shape index (κ3) is 5.50. The van der Waals surface area contributed by atoms with Crippen molar-refractivity contribution >= 4 is 5.91 Å². The van der Waals surface area contributed by atoms with E-state index in [1.165, 1.54) is 0 Å². The van der Waals surface area contributed by atoms with E-state index in [1.807, 2.05) is 6.92 Å². The minimum Gasteiger partial charge on any atom is -0.355 e. The molecule has 1 amide bonds. The van der Waals surface area contributed by atoms with Gasteiger partial charge in [-0.25, -0.2) is 0 Å². The van der Waals surface area contributed by atoms with Crippen LogP contribution < -0.4 is 10.6 Å². The van der Waals surface area contributed by atoms with E-state index in [9.17, 15) is 4.79 Å². The number of hydrogen-bond acceptors (Lipinski definition) is 3. The van der Waals surface area contributed by atoms with Crippen LogP contribution in [0.4, 0.5) is 0 Å². The molecule has 0 aromatic carbocycles. The number of likely N-dealkylation sites (N-methyl/N-ethyl adjacent to an activating group) is 1. The zero-order valence-corrected chi connectivity index (χ0v) is 11.6. The van der Waals surface area contributed by atoms with Crippen LogP contribution in [0.1, 0.15) is 33.6 Å². The van der Waals surface area contributed by atoms with Gasteiger partial charge in [-0.15, -0.1) is 0 Å². The molecule has 0 spiro atoms. The Bertz CT molecular complexity index is 243. The Balaban J connectivity index is 2.18. The van der Waals surface area contributed by atoms with E-state index in [4.69, 9.17) is 0 Å². The Morgan fingerprint density at radius 3 is 2.65 bits per heavy atom. The van der Waals surface area contributed by atoms with Crippen molar-refractivity contribution in [1.82, 2.24) is 15.5 Å². The topological polar surface area (TPSA) is 44.4 Å². The number of nitrogens with zero attached hydrogens (tertiary/aromatic N) is 1. The fraction of sp³-hybridized carbons (Fsp3) is 0.923. The van der Waals surface area contributed by atoms with Gasteiger partial charge in [0, 0.05) is 19.1 Å². The number of carbonyl (C=O) groups is 1. The number of rotatable bonds is 6. The largest absolute Gasteiger partial charge is 0.355 e. The summed E-state index contributed by atoms with van der Waals surface area (Å²) < 4.78 is 0. The number of carbonyl (C=O) groups excluding carboxylic acids is 1. The van der Waals surface area contributed by atoms with Crippen LogP contribution in [0.25, 0.3) is 0 Å². The lowest BCUT2D eigenvalue weighted by molar-refractivity contribution is -0.122. The van der Waals surface area contributed by atoms with Gasteiger partial charge in [0.25, 0.3) is 0 Å². The lowest BCUT2D eigenvalue weighted by Gasteiger charge is -2.19. The maximum Gasteiger partial charge on any atom is 0.236 e. The Morgan fingerprint density at radius 2 is 2.12 bits per heavy atom. The van der Waals surface area contributed by atoms with Crippen LogP contribution in [0.2, 0.25) is 0 Å². The van der Waals surface area contributed by atoms with Gasteiger partial charge in [0.1, 0.15) is 0 Å². The molecular weight excluding hydrogens is 214 g/mol. The third-order valence-corrected chi connectivity index (χ3v) is 3.29. The summed E-state index contributed by atoms with van der Waals surface area (Å²) in [6.07, 6.45) is 2.19. The van der Waals surface area contributed by atoms with Gasteiger partial charge in [-0.3, -0.25) is 4.79 Å². The van der Waals surface area contributed by atoms with Crippen molar-refractivity contribution < 1.29 is 4.79 Å². The summed E-state index contributed by atoms with van der Waals surface area (Å²) >= 11 is 0. The van der Waals surface area contributed by atoms with E-state index < -0.39 is 0 Å². The molecule has 2 unspecified atom stereocenters. The minimum atomic E-state index is -0.0846. The highest BCUT2D eigenvalue weighted by Crippen LogP contribution is 2.06. The maximum atomic E-state index is 11.8. The first-order valence-corrected chi connectivity index (χ1v) is 6.71. The standard InChI is InChI=1S/C13H27N3O/c1-10(2)5-7-14-13(17)11(3)15-12-6-8-16(4)9-12/h10-12,15H,5-9H2,1-4H3,(H,14,17). The van der Waals surface area contributed by atoms with Crippen molar-refractivity contribution in [3.05, 3.63) is 0 Å². The van der Waals surface area contributed by atoms with Crippen molar-refractivity contribution in [3.8, 4) is 0 Å². The van der Waals surface area contributed by atoms with Crippen LogP contribution in [-0.2, 0) is 4.79 Å². The van der Waals surface area contributed by atoms with Gasteiger partial charge in [0.2, 0.25) is 5.91 Å². The van der Waals surface area contributed by atoms with E-state index >= 15 is 0 Å². The quantitative estimate of drug-likeness (QED) is 0.724. The molecule has 1 saturated heterocycles. The molecule has 4 nitrogen and oxygen atoms in total. The molecule has 17 heavy (non-hydrogen) atoms. The molecular formula is C13H27N3O. The molecule has 1 fully saturated rings. The highest BCUT2D eigenvalue weighted by molar-refractivity contribution is 5.81. The summed E-state index contributed by atoms with van der Waals surface area (Å²) in [5.41, 5.74) is 0. The van der Waals surface area contributed by atoms with E-state index in [2.05, 4.69) is 36.4 Å². The monoisotopic (exact) mass is 241 g/mol. The molecule has 2 N–H and O–H groups in total. The molecule has 1 heterocycles. The molecule has 0 saturated carbocycles. The van der Waals surface area contributed by atoms with Gasteiger partial charge >= 0.3 is 0 Å². The lowest BCUT2D eigenvalue weighted by Crippen LogP contribution is -2.47. The maximum absolute atomic E-state index is 11.8. The van der Waals surface area contributed by atoms with E-state index in [0.29, 0.717) is 12.0 Å². The summed E-state index contributed by atoms with van der Waals surface area (Å²) in [6, 6.07) is 0.379. The van der Waals surface area contributed by atoms with Crippen molar-refractivity contribution in [1.29, 1.82) is 0 Å². The normalized spacial score (nSPS) is 23.0. The molecule has 0 aromatic heterocycles. The SMILES string of the molecule is CC(C)CCNC(=O)C(C)NC1CCN(C)C1. The molecule has 0 bridgehead atoms. The Kier molecular flexibility index (Phi) is 5.92.